The molecular weight excluding hydrogens is 814 g/mol. The number of alkyl halides is 6. The minimum Gasteiger partial charge on any atom is -0.382 e. The van der Waals surface area contributed by atoms with Crippen LogP contribution in [-0.4, -0.2) is 45.1 Å². The highest BCUT2D eigenvalue weighted by Crippen LogP contribution is 2.50. The van der Waals surface area contributed by atoms with E-state index in [1.54, 1.807) is 6.92 Å². The maximum Gasteiger partial charge on any atom is 0.456 e. The molecule has 0 spiro atoms. The maximum absolute atomic E-state index is 13.3. The second-order valence-corrected chi connectivity index (χ2v) is 29.6. The second-order valence-electron chi connectivity index (χ2n) is 5.26. The molecule has 0 heterocycles. The first-order valence-corrected chi connectivity index (χ1v) is 17.4. The van der Waals surface area contributed by atoms with Crippen LogP contribution >= 0.6 is 95.6 Å². The fraction of sp³-hybridized carbons (Fsp3) is 1.00. The van der Waals surface area contributed by atoms with E-state index in [1.807, 2.05) is 13.8 Å². The molecule has 27 heavy (non-hydrogen) atoms. The van der Waals surface area contributed by atoms with Crippen molar-refractivity contribution in [1.82, 2.24) is 3.38 Å². The van der Waals surface area contributed by atoms with Crippen LogP contribution in [0.3, 0.4) is 0 Å². The van der Waals surface area contributed by atoms with Gasteiger partial charge < -0.3 is 8.85 Å². The molecule has 0 atom stereocenters. The van der Waals surface area contributed by atoms with E-state index in [0.717, 1.165) is 0 Å². The summed E-state index contributed by atoms with van der Waals surface area (Å²) >= 11 is 17.7. The molecule has 0 fully saturated rings. The summed E-state index contributed by atoms with van der Waals surface area (Å²) in [6, 6.07) is 0.123. The number of nitrogens with zero attached hydrogens (tertiary/aromatic N) is 1. The largest absolute Gasteiger partial charge is 0.456 e. The number of hydrogen-bond donors (Lipinski definition) is 0. The maximum atomic E-state index is 13.3. The highest BCUT2D eigenvalue weighted by molar-refractivity contribution is 9.43. The molecule has 0 bridgehead atoms. The summed E-state index contributed by atoms with van der Waals surface area (Å²) in [6.45, 7) is 5.78. The van der Waals surface area contributed by atoms with Gasteiger partial charge in [0.25, 0.3) is 20.0 Å². The lowest BCUT2D eigenvalue weighted by Gasteiger charge is -2.40. The molecule has 7 nitrogen and oxygen atoms in total. The van der Waals surface area contributed by atoms with Gasteiger partial charge in [0, 0.05) is 19.3 Å². The van der Waals surface area contributed by atoms with Crippen LogP contribution in [0.1, 0.15) is 40.0 Å². The average Bonchev–Trinajstić information content (AvgIpc) is 2.48. The molecule has 0 aliphatic heterocycles. The molecule has 0 aromatic carbocycles. The van der Waals surface area contributed by atoms with Crippen molar-refractivity contribution in [1.29, 1.82) is 0 Å². The Balaban J connectivity index is 6.98. The highest BCUT2D eigenvalue weighted by atomic mass is 80.0. The van der Waals surface area contributed by atoms with Crippen LogP contribution in [0.4, 0.5) is 0 Å². The predicted octanol–water partition coefficient (Wildman–Crippen LogP) is 5.74. The molecule has 16 heteroatoms. The lowest BCUT2D eigenvalue weighted by Crippen LogP contribution is -2.66. The van der Waals surface area contributed by atoms with Crippen LogP contribution in [0.2, 0.25) is 6.04 Å². The van der Waals surface area contributed by atoms with E-state index in [2.05, 4.69) is 95.6 Å². The van der Waals surface area contributed by atoms with Crippen molar-refractivity contribution in [3.63, 3.8) is 0 Å². The van der Waals surface area contributed by atoms with Crippen LogP contribution in [0, 0.1) is 0 Å². The Kier molecular flexibility index (Phi) is 12.9. The van der Waals surface area contributed by atoms with Gasteiger partial charge in [0.15, 0.2) is 0 Å². The Hall–Kier alpha value is 2.88. The van der Waals surface area contributed by atoms with Crippen LogP contribution in [-0.2, 0) is 28.9 Å². The van der Waals surface area contributed by atoms with Gasteiger partial charge in [-0.1, -0.05) is 30.6 Å². The van der Waals surface area contributed by atoms with Crippen molar-refractivity contribution in [2.24, 2.45) is 0 Å². The quantitative estimate of drug-likeness (QED) is 0.195. The number of sulfonamides is 2. The third-order valence-electron chi connectivity index (χ3n) is 2.93. The smallest absolute Gasteiger partial charge is 0.382 e. The normalized spacial score (nSPS) is 14.7. The molecule has 0 amide bonds. The van der Waals surface area contributed by atoms with Crippen molar-refractivity contribution in [3.8, 4) is 0 Å². The zero-order valence-corrected chi connectivity index (χ0v) is 26.9. The molecule has 0 radical (unpaired) electrons. The van der Waals surface area contributed by atoms with Gasteiger partial charge >= 0.3 is 8.72 Å². The molecule has 0 aromatic rings. The van der Waals surface area contributed by atoms with Gasteiger partial charge in [-0.25, -0.2) is 16.8 Å². The first kappa shape index (κ1) is 29.9. The third kappa shape index (κ3) is 7.46. The monoisotopic (exact) mass is 829 g/mol. The van der Waals surface area contributed by atoms with Gasteiger partial charge in [0.1, 0.15) is 0 Å². The van der Waals surface area contributed by atoms with Gasteiger partial charge in [0.05, 0.1) is 0 Å². The van der Waals surface area contributed by atoms with Crippen LogP contribution in [0.5, 0.6) is 0 Å². The Morgan fingerprint density at radius 2 is 1.07 bits per heavy atom. The Morgan fingerprint density at radius 3 is 1.30 bits per heavy atom. The van der Waals surface area contributed by atoms with Gasteiger partial charge in [-0.3, -0.25) is 0 Å². The summed E-state index contributed by atoms with van der Waals surface area (Å²) in [5, 5.41) is 0. The predicted molar refractivity (Wildman–Crippen MR) is 132 cm³/mol. The lowest BCUT2D eigenvalue weighted by molar-refractivity contribution is 0.148. The molecular formula is C11H21Br6NO6S2Si. The summed E-state index contributed by atoms with van der Waals surface area (Å²) in [4.78, 5) is 0. The van der Waals surface area contributed by atoms with Crippen LogP contribution < -0.4 is 0 Å². The fourth-order valence-electron chi connectivity index (χ4n) is 1.91. The first-order chi connectivity index (χ1) is 12.0. The standard InChI is InChI=1S/C11H21Br6NO6S2Si/c1-4-7-23-27(9-6-3,24-8-5-2)18(25(19,20)10(12,13)14)26(21,22)11(15,16)17/h4-9H2,1-3H3. The highest BCUT2D eigenvalue weighted by Gasteiger charge is 2.65. The minimum absolute atomic E-state index is 0.123. The van der Waals surface area contributed by atoms with E-state index in [-0.39, 0.29) is 19.3 Å². The van der Waals surface area contributed by atoms with Crippen molar-refractivity contribution in [2.45, 2.75) is 49.0 Å². The molecule has 0 N–H and O–H groups in total. The number of hydrogen-bond acceptors (Lipinski definition) is 6. The van der Waals surface area contributed by atoms with Gasteiger partial charge in [-0.05, 0) is 108 Å². The van der Waals surface area contributed by atoms with Crippen LogP contribution in [0.25, 0.3) is 0 Å². The molecule has 0 aliphatic carbocycles. The van der Waals surface area contributed by atoms with E-state index in [9.17, 15) is 16.8 Å². The van der Waals surface area contributed by atoms with Crippen molar-refractivity contribution in [2.75, 3.05) is 13.2 Å². The molecule has 0 rings (SSSR count). The summed E-state index contributed by atoms with van der Waals surface area (Å²) in [5.41, 5.74) is 0. The SMILES string of the molecule is CCCO[Si](CCC)(OCCC)N(S(=O)(=O)C(Br)(Br)Br)S(=O)(=O)C(Br)(Br)Br. The van der Waals surface area contributed by atoms with Gasteiger partial charge in [-0.15, -0.1) is 0 Å². The van der Waals surface area contributed by atoms with E-state index < -0.39 is 31.7 Å². The van der Waals surface area contributed by atoms with E-state index >= 15 is 0 Å². The summed E-state index contributed by atoms with van der Waals surface area (Å²) in [6.07, 6.45) is 1.58. The summed E-state index contributed by atoms with van der Waals surface area (Å²) in [5.74, 6) is 0. The average molecular weight is 835 g/mol. The fourth-order valence-corrected chi connectivity index (χ4v) is 18.1. The van der Waals surface area contributed by atoms with E-state index in [0.29, 0.717) is 22.6 Å². The van der Waals surface area contributed by atoms with Gasteiger partial charge in [-0.2, -0.15) is 0 Å². The van der Waals surface area contributed by atoms with Crippen molar-refractivity contribution >= 4 is 124 Å². The van der Waals surface area contributed by atoms with E-state index in [4.69, 9.17) is 8.85 Å². The molecule has 0 saturated heterocycles. The molecule has 0 aromatic heterocycles. The van der Waals surface area contributed by atoms with Crippen molar-refractivity contribution in [3.05, 3.63) is 0 Å². The zero-order chi connectivity index (χ0) is 21.7. The molecule has 0 saturated carbocycles. The summed E-state index contributed by atoms with van der Waals surface area (Å²) in [7, 11) is -13.2. The zero-order valence-electron chi connectivity index (χ0n) is 14.7. The Bertz CT molecular complexity index is 626. The molecule has 0 aliphatic rings. The van der Waals surface area contributed by atoms with Gasteiger partial charge in [0.2, 0.25) is 2.95 Å². The lowest BCUT2D eigenvalue weighted by atomic mass is 10.5. The Labute approximate surface area is 213 Å². The number of rotatable bonds is 11. The summed E-state index contributed by atoms with van der Waals surface area (Å²) < 4.78 is 61.6. The first-order valence-electron chi connectivity index (χ1n) is 7.76. The van der Waals surface area contributed by atoms with E-state index in [1.165, 1.54) is 0 Å². The third-order valence-corrected chi connectivity index (χ3v) is 19.6. The molecule has 164 valence electrons. The van der Waals surface area contributed by atoms with Crippen molar-refractivity contribution < 1.29 is 25.7 Å². The molecule has 0 unspecified atom stereocenters. The van der Waals surface area contributed by atoms with Crippen LogP contribution in [0.15, 0.2) is 0 Å². The second kappa shape index (κ2) is 11.7. The minimum atomic E-state index is -4.60. The topological polar surface area (TPSA) is 90.0 Å². The number of halogens is 6. The Morgan fingerprint density at radius 1 is 0.741 bits per heavy atom.